The van der Waals surface area contributed by atoms with Gasteiger partial charge in [0.1, 0.15) is 5.82 Å². The minimum atomic E-state index is -0.614. The zero-order valence-corrected chi connectivity index (χ0v) is 14.2. The Kier molecular flexibility index (Phi) is 4.64. The van der Waals surface area contributed by atoms with E-state index in [-0.39, 0.29) is 12.4 Å². The second kappa shape index (κ2) is 5.84. The molecule has 1 fully saturated rings. The Morgan fingerprint density at radius 2 is 1.86 bits per heavy atom. The summed E-state index contributed by atoms with van der Waals surface area (Å²) in [5.74, 6) is -0.319. The van der Waals surface area contributed by atoms with Crippen LogP contribution in [0.5, 0.6) is 0 Å². The summed E-state index contributed by atoms with van der Waals surface area (Å²) >= 11 is 3.31. The molecule has 0 spiro atoms. The molecular weight excluding hydrogens is 338 g/mol. The lowest BCUT2D eigenvalue weighted by atomic mass is 9.77. The average Bonchev–Trinajstić information content (AvgIpc) is 2.57. The van der Waals surface area contributed by atoms with Gasteiger partial charge in [-0.15, -0.1) is 0 Å². The van der Waals surface area contributed by atoms with Crippen LogP contribution in [0.15, 0.2) is 28.1 Å². The van der Waals surface area contributed by atoms with E-state index in [2.05, 4.69) is 15.9 Å². The molecule has 1 aromatic carbocycles. The highest BCUT2D eigenvalue weighted by Crippen LogP contribution is 2.39. The highest BCUT2D eigenvalue weighted by molar-refractivity contribution is 9.10. The Labute approximate surface area is 133 Å². The fraction of sp³-hybridized carbons (Fsp3) is 0.467. The second-order valence-electron chi connectivity index (χ2n) is 6.13. The molecule has 0 radical (unpaired) electrons. The summed E-state index contributed by atoms with van der Waals surface area (Å²) in [4.78, 5) is 0. The van der Waals surface area contributed by atoms with Crippen molar-refractivity contribution in [3.05, 3.63) is 39.5 Å². The van der Waals surface area contributed by atoms with Gasteiger partial charge < -0.3 is 14.4 Å². The van der Waals surface area contributed by atoms with Crippen molar-refractivity contribution in [1.29, 1.82) is 0 Å². The molecule has 0 atom stereocenters. The summed E-state index contributed by atoms with van der Waals surface area (Å²) < 4.78 is 25.6. The van der Waals surface area contributed by atoms with Crippen LogP contribution in [0.2, 0.25) is 0 Å². The molecule has 1 aromatic rings. The number of benzene rings is 1. The Balaban J connectivity index is 2.31. The molecule has 3 nitrogen and oxygen atoms in total. The topological polar surface area (TPSA) is 38.7 Å². The van der Waals surface area contributed by atoms with Gasteiger partial charge >= 0.3 is 7.12 Å². The lowest BCUT2D eigenvalue weighted by molar-refractivity contribution is 0.00578. The smallest absolute Gasteiger partial charge is 0.400 e. The Bertz CT molecular complexity index is 556. The van der Waals surface area contributed by atoms with E-state index < -0.39 is 18.3 Å². The Morgan fingerprint density at radius 3 is 2.33 bits per heavy atom. The van der Waals surface area contributed by atoms with Gasteiger partial charge in [-0.05, 0) is 50.9 Å². The predicted octanol–water partition coefficient (Wildman–Crippen LogP) is 3.60. The Hall–Kier alpha value is -0.685. The molecule has 0 amide bonds. The summed E-state index contributed by atoms with van der Waals surface area (Å²) in [5.41, 5.74) is 0.425. The van der Waals surface area contributed by atoms with Crippen LogP contribution in [-0.4, -0.2) is 30.0 Å². The van der Waals surface area contributed by atoms with Gasteiger partial charge in [0.05, 0.1) is 17.8 Å². The molecular formula is C15H19BBrFO3. The van der Waals surface area contributed by atoms with E-state index in [9.17, 15) is 9.50 Å². The second-order valence-corrected chi connectivity index (χ2v) is 6.99. The quantitative estimate of drug-likeness (QED) is 0.841. The molecule has 0 aromatic heterocycles. The zero-order valence-electron chi connectivity index (χ0n) is 12.6. The molecule has 21 heavy (non-hydrogen) atoms. The first kappa shape index (κ1) is 16.7. The number of halogens is 2. The maximum absolute atomic E-state index is 13.1. The van der Waals surface area contributed by atoms with Crippen molar-refractivity contribution in [2.45, 2.75) is 38.9 Å². The predicted molar refractivity (Wildman–Crippen MR) is 85.2 cm³/mol. The maximum Gasteiger partial charge on any atom is 0.492 e. The van der Waals surface area contributed by atoms with E-state index in [0.29, 0.717) is 9.95 Å². The van der Waals surface area contributed by atoms with Gasteiger partial charge in [-0.25, -0.2) is 4.39 Å². The van der Waals surface area contributed by atoms with E-state index >= 15 is 0 Å². The van der Waals surface area contributed by atoms with Crippen LogP contribution in [0.3, 0.4) is 0 Å². The molecule has 1 saturated heterocycles. The van der Waals surface area contributed by atoms with Gasteiger partial charge in [0.15, 0.2) is 0 Å². The van der Waals surface area contributed by atoms with Crippen molar-refractivity contribution < 1.29 is 18.8 Å². The first-order chi connectivity index (χ1) is 9.66. The summed E-state index contributed by atoms with van der Waals surface area (Å²) in [5, 5.41) is 9.62. The molecule has 1 aliphatic heterocycles. The van der Waals surface area contributed by atoms with Gasteiger partial charge in [-0.2, -0.15) is 0 Å². The van der Waals surface area contributed by atoms with E-state index in [1.54, 1.807) is 12.1 Å². The largest absolute Gasteiger partial charge is 0.492 e. The number of rotatable bonds is 3. The van der Waals surface area contributed by atoms with E-state index in [0.717, 1.165) is 5.56 Å². The summed E-state index contributed by atoms with van der Waals surface area (Å²) in [7, 11) is -0.614. The number of aliphatic hydroxyl groups is 1. The maximum atomic E-state index is 13.1. The number of hydrogen-bond donors (Lipinski definition) is 1. The van der Waals surface area contributed by atoms with Crippen LogP contribution >= 0.6 is 15.9 Å². The average molecular weight is 357 g/mol. The Morgan fingerprint density at radius 1 is 1.29 bits per heavy atom. The van der Waals surface area contributed by atoms with Crippen LogP contribution in [-0.2, 0) is 9.31 Å². The minimum Gasteiger partial charge on any atom is -0.400 e. The minimum absolute atomic E-state index is 0.194. The normalized spacial score (nSPS) is 20.9. The summed E-state index contributed by atoms with van der Waals surface area (Å²) in [6, 6.07) is 4.39. The first-order valence-corrected chi connectivity index (χ1v) is 7.57. The third-order valence-corrected chi connectivity index (χ3v) is 4.73. The lowest BCUT2D eigenvalue weighted by Gasteiger charge is -2.32. The van der Waals surface area contributed by atoms with Crippen LogP contribution < -0.4 is 0 Å². The van der Waals surface area contributed by atoms with Crippen molar-refractivity contribution in [3.8, 4) is 0 Å². The molecule has 1 aliphatic rings. The lowest BCUT2D eigenvalue weighted by Crippen LogP contribution is -2.41. The van der Waals surface area contributed by atoms with Crippen molar-refractivity contribution >= 4 is 29.1 Å². The molecule has 0 saturated carbocycles. The van der Waals surface area contributed by atoms with Crippen molar-refractivity contribution in [2.75, 3.05) is 6.61 Å². The van der Waals surface area contributed by atoms with Crippen LogP contribution in [0.4, 0.5) is 4.39 Å². The van der Waals surface area contributed by atoms with Gasteiger partial charge in [0.25, 0.3) is 0 Å². The molecule has 0 bridgehead atoms. The summed E-state index contributed by atoms with van der Waals surface area (Å²) in [6.45, 7) is 7.62. The SMILES string of the molecule is CC1(C)OB(C(=Cc2ccc(F)cc2Br)CO)OC1(C)C. The van der Waals surface area contributed by atoms with E-state index in [1.165, 1.54) is 12.1 Å². The molecule has 0 unspecified atom stereocenters. The molecule has 114 valence electrons. The highest BCUT2D eigenvalue weighted by atomic mass is 79.9. The van der Waals surface area contributed by atoms with Crippen LogP contribution in [0.1, 0.15) is 33.3 Å². The number of aliphatic hydroxyl groups excluding tert-OH is 1. The van der Waals surface area contributed by atoms with Crippen LogP contribution in [0.25, 0.3) is 6.08 Å². The van der Waals surface area contributed by atoms with Crippen LogP contribution in [0, 0.1) is 5.82 Å². The van der Waals surface area contributed by atoms with Gasteiger partial charge in [0.2, 0.25) is 0 Å². The third kappa shape index (κ3) is 3.39. The summed E-state index contributed by atoms with van der Waals surface area (Å²) in [6.07, 6.45) is 1.76. The molecule has 1 N–H and O–H groups in total. The zero-order chi connectivity index (χ0) is 15.8. The fourth-order valence-corrected chi connectivity index (χ4v) is 2.47. The molecule has 2 rings (SSSR count). The van der Waals surface area contributed by atoms with Crippen molar-refractivity contribution in [1.82, 2.24) is 0 Å². The van der Waals surface area contributed by atoms with Crippen molar-refractivity contribution in [3.63, 3.8) is 0 Å². The van der Waals surface area contributed by atoms with E-state index in [4.69, 9.17) is 9.31 Å². The standard InChI is InChI=1S/C15H19BBrFO3/c1-14(2)15(3,4)21-16(20-14)11(9-19)7-10-5-6-12(18)8-13(10)17/h5-8,19H,9H2,1-4H3. The van der Waals surface area contributed by atoms with Crippen molar-refractivity contribution in [2.24, 2.45) is 0 Å². The monoisotopic (exact) mass is 356 g/mol. The molecule has 6 heteroatoms. The number of hydrogen-bond acceptors (Lipinski definition) is 3. The van der Waals surface area contributed by atoms with Gasteiger partial charge in [-0.1, -0.05) is 28.1 Å². The van der Waals surface area contributed by atoms with E-state index in [1.807, 2.05) is 27.7 Å². The third-order valence-electron chi connectivity index (χ3n) is 4.04. The first-order valence-electron chi connectivity index (χ1n) is 6.78. The van der Waals surface area contributed by atoms with Gasteiger partial charge in [0, 0.05) is 4.47 Å². The van der Waals surface area contributed by atoms with Gasteiger partial charge in [-0.3, -0.25) is 0 Å². The fourth-order valence-electron chi connectivity index (χ4n) is 2.00. The molecule has 0 aliphatic carbocycles. The molecule has 1 heterocycles. The highest BCUT2D eigenvalue weighted by Gasteiger charge is 2.52.